The number of esters is 1. The molecule has 0 saturated carbocycles. The van der Waals surface area contributed by atoms with E-state index < -0.39 is 0 Å². The number of aromatic nitrogens is 2. The van der Waals surface area contributed by atoms with Crippen LogP contribution in [-0.2, 0) is 4.74 Å². The van der Waals surface area contributed by atoms with Crippen LogP contribution < -0.4 is 0 Å². The monoisotopic (exact) mass is 294 g/mol. The number of ether oxygens (including phenoxy) is 1. The van der Waals surface area contributed by atoms with Crippen molar-refractivity contribution >= 4 is 17.0 Å². The quantitative estimate of drug-likeness (QED) is 0.739. The lowest BCUT2D eigenvalue weighted by Gasteiger charge is -2.06. The van der Waals surface area contributed by atoms with E-state index in [2.05, 4.69) is 35.9 Å². The van der Waals surface area contributed by atoms with Gasteiger partial charge in [0.2, 0.25) is 0 Å². The first-order chi connectivity index (χ1) is 10.6. The van der Waals surface area contributed by atoms with E-state index in [-0.39, 0.29) is 5.97 Å². The smallest absolute Gasteiger partial charge is 0.337 e. The van der Waals surface area contributed by atoms with Crippen LogP contribution in [0.3, 0.4) is 0 Å². The number of nitrogens with one attached hydrogen (secondary N) is 1. The van der Waals surface area contributed by atoms with Crippen molar-refractivity contribution in [3.63, 3.8) is 0 Å². The van der Waals surface area contributed by atoms with E-state index in [0.717, 1.165) is 22.4 Å². The molecule has 3 rings (SSSR count). The van der Waals surface area contributed by atoms with Crippen LogP contribution in [0.15, 0.2) is 42.5 Å². The number of carbonyl (C=O) groups excluding carboxylic acids is 1. The van der Waals surface area contributed by atoms with Crippen LogP contribution in [0.25, 0.3) is 22.4 Å². The van der Waals surface area contributed by atoms with Crippen molar-refractivity contribution in [1.82, 2.24) is 9.97 Å². The van der Waals surface area contributed by atoms with Crippen LogP contribution in [0.5, 0.6) is 0 Å². The Morgan fingerprint density at radius 3 is 2.73 bits per heavy atom. The predicted octanol–water partition coefficient (Wildman–Crippen LogP) is 4.14. The van der Waals surface area contributed by atoms with Gasteiger partial charge in [0.25, 0.3) is 0 Å². The molecular formula is C18H18N2O2. The fourth-order valence-corrected chi connectivity index (χ4v) is 2.44. The van der Waals surface area contributed by atoms with Gasteiger partial charge in [0.15, 0.2) is 0 Å². The van der Waals surface area contributed by atoms with Gasteiger partial charge in [-0.3, -0.25) is 0 Å². The molecule has 1 heterocycles. The third-order valence-electron chi connectivity index (χ3n) is 3.73. The normalized spacial score (nSPS) is 11.1. The Morgan fingerprint density at radius 1 is 1.18 bits per heavy atom. The van der Waals surface area contributed by atoms with Gasteiger partial charge in [0.1, 0.15) is 5.82 Å². The van der Waals surface area contributed by atoms with Crippen molar-refractivity contribution in [2.24, 2.45) is 0 Å². The van der Waals surface area contributed by atoms with Crippen molar-refractivity contribution in [1.29, 1.82) is 0 Å². The van der Waals surface area contributed by atoms with Crippen molar-refractivity contribution in [3.05, 3.63) is 53.6 Å². The summed E-state index contributed by atoms with van der Waals surface area (Å²) in [6.07, 6.45) is 0. The summed E-state index contributed by atoms with van der Waals surface area (Å²) in [5.74, 6) is 0.926. The molecule has 1 N–H and O–H groups in total. The molecule has 0 atom stereocenters. The molecule has 0 spiro atoms. The van der Waals surface area contributed by atoms with E-state index in [1.807, 2.05) is 18.2 Å². The number of hydrogen-bond donors (Lipinski definition) is 1. The molecule has 0 aliphatic carbocycles. The van der Waals surface area contributed by atoms with E-state index in [4.69, 9.17) is 4.74 Å². The van der Waals surface area contributed by atoms with E-state index in [1.54, 1.807) is 12.1 Å². The van der Waals surface area contributed by atoms with Crippen molar-refractivity contribution in [3.8, 4) is 11.4 Å². The van der Waals surface area contributed by atoms with Gasteiger partial charge >= 0.3 is 5.97 Å². The summed E-state index contributed by atoms with van der Waals surface area (Å²) in [5, 5.41) is 0. The average molecular weight is 294 g/mol. The lowest BCUT2D eigenvalue weighted by molar-refractivity contribution is 0.0601. The Bertz CT molecular complexity index is 834. The summed E-state index contributed by atoms with van der Waals surface area (Å²) in [7, 11) is 1.38. The fraction of sp³-hybridized carbons (Fsp3) is 0.222. The molecule has 112 valence electrons. The van der Waals surface area contributed by atoms with Gasteiger partial charge in [-0.1, -0.05) is 32.0 Å². The summed E-state index contributed by atoms with van der Waals surface area (Å²) < 4.78 is 4.75. The summed E-state index contributed by atoms with van der Waals surface area (Å²) in [6, 6.07) is 13.7. The molecule has 0 aliphatic rings. The van der Waals surface area contributed by atoms with Crippen molar-refractivity contribution in [2.45, 2.75) is 19.8 Å². The second-order valence-corrected chi connectivity index (χ2v) is 5.59. The molecule has 4 heteroatoms. The Labute approximate surface area is 129 Å². The number of nitrogens with zero attached hydrogens (tertiary/aromatic N) is 1. The zero-order valence-electron chi connectivity index (χ0n) is 12.9. The number of hydrogen-bond acceptors (Lipinski definition) is 3. The number of methoxy groups -OCH3 is 1. The molecule has 0 radical (unpaired) electrons. The first-order valence-electron chi connectivity index (χ1n) is 7.27. The standard InChI is InChI=1S/C18H18N2O2/c1-11(2)12-5-4-6-13(9-12)17-19-15-8-7-14(18(21)22-3)10-16(15)20-17/h4-11H,1-3H3,(H,19,20). The minimum absolute atomic E-state index is 0.347. The predicted molar refractivity (Wildman–Crippen MR) is 87.0 cm³/mol. The van der Waals surface area contributed by atoms with E-state index in [0.29, 0.717) is 11.5 Å². The molecule has 0 unspecified atom stereocenters. The Hall–Kier alpha value is -2.62. The SMILES string of the molecule is COC(=O)c1ccc2nc(-c3cccc(C(C)C)c3)[nH]c2c1. The molecule has 0 saturated heterocycles. The zero-order valence-corrected chi connectivity index (χ0v) is 12.9. The van der Waals surface area contributed by atoms with Gasteiger partial charge in [0.05, 0.1) is 23.7 Å². The van der Waals surface area contributed by atoms with Crippen LogP contribution >= 0.6 is 0 Å². The van der Waals surface area contributed by atoms with Gasteiger partial charge in [-0.05, 0) is 35.7 Å². The number of fused-ring (bicyclic) bond motifs is 1. The molecule has 0 aliphatic heterocycles. The minimum atomic E-state index is -0.347. The molecule has 0 amide bonds. The summed E-state index contributed by atoms with van der Waals surface area (Å²) in [5.41, 5.74) is 4.49. The molecule has 0 fully saturated rings. The maximum atomic E-state index is 11.6. The Kier molecular flexibility index (Phi) is 3.67. The van der Waals surface area contributed by atoms with Gasteiger partial charge in [-0.15, -0.1) is 0 Å². The summed E-state index contributed by atoms with van der Waals surface area (Å²) in [6.45, 7) is 4.33. The highest BCUT2D eigenvalue weighted by atomic mass is 16.5. The van der Waals surface area contributed by atoms with Crippen molar-refractivity contribution < 1.29 is 9.53 Å². The van der Waals surface area contributed by atoms with Gasteiger partial charge < -0.3 is 9.72 Å². The van der Waals surface area contributed by atoms with Crippen LogP contribution in [0, 0.1) is 0 Å². The minimum Gasteiger partial charge on any atom is -0.465 e. The largest absolute Gasteiger partial charge is 0.465 e. The third kappa shape index (κ3) is 2.60. The molecule has 2 aromatic carbocycles. The maximum Gasteiger partial charge on any atom is 0.337 e. The van der Waals surface area contributed by atoms with Crippen LogP contribution in [0.1, 0.15) is 35.7 Å². The highest BCUT2D eigenvalue weighted by Gasteiger charge is 2.10. The average Bonchev–Trinajstić information content (AvgIpc) is 2.97. The number of H-pyrrole nitrogens is 1. The Balaban J connectivity index is 2.05. The summed E-state index contributed by atoms with van der Waals surface area (Å²) in [4.78, 5) is 19.5. The number of benzene rings is 2. The first-order valence-corrected chi connectivity index (χ1v) is 7.27. The molecular weight excluding hydrogens is 276 g/mol. The van der Waals surface area contributed by atoms with Crippen LogP contribution in [0.2, 0.25) is 0 Å². The number of carbonyl (C=O) groups is 1. The van der Waals surface area contributed by atoms with E-state index >= 15 is 0 Å². The maximum absolute atomic E-state index is 11.6. The van der Waals surface area contributed by atoms with Crippen LogP contribution in [0.4, 0.5) is 0 Å². The highest BCUT2D eigenvalue weighted by Crippen LogP contribution is 2.24. The second-order valence-electron chi connectivity index (χ2n) is 5.59. The van der Waals surface area contributed by atoms with Gasteiger partial charge in [-0.25, -0.2) is 9.78 Å². The first kappa shape index (κ1) is 14.3. The molecule has 3 aromatic rings. The zero-order chi connectivity index (χ0) is 15.7. The van der Waals surface area contributed by atoms with Crippen molar-refractivity contribution in [2.75, 3.05) is 7.11 Å². The van der Waals surface area contributed by atoms with Crippen LogP contribution in [-0.4, -0.2) is 23.0 Å². The second kappa shape index (κ2) is 5.64. The fourth-order valence-electron chi connectivity index (χ4n) is 2.44. The highest BCUT2D eigenvalue weighted by molar-refractivity contribution is 5.94. The topological polar surface area (TPSA) is 55.0 Å². The number of aromatic amines is 1. The Morgan fingerprint density at radius 2 is 2.00 bits per heavy atom. The number of rotatable bonds is 3. The summed E-state index contributed by atoms with van der Waals surface area (Å²) >= 11 is 0. The van der Waals surface area contributed by atoms with E-state index in [9.17, 15) is 4.79 Å². The molecule has 22 heavy (non-hydrogen) atoms. The van der Waals surface area contributed by atoms with E-state index in [1.165, 1.54) is 12.7 Å². The third-order valence-corrected chi connectivity index (χ3v) is 3.73. The molecule has 1 aromatic heterocycles. The van der Waals surface area contributed by atoms with Gasteiger partial charge in [-0.2, -0.15) is 0 Å². The number of imidazole rings is 1. The lowest BCUT2D eigenvalue weighted by Crippen LogP contribution is -2.00. The molecule has 0 bridgehead atoms. The molecule has 4 nitrogen and oxygen atoms in total. The lowest BCUT2D eigenvalue weighted by atomic mass is 10.0. The van der Waals surface area contributed by atoms with Gasteiger partial charge in [0, 0.05) is 5.56 Å².